The van der Waals surface area contributed by atoms with Crippen LogP contribution >= 0.6 is 0 Å². The molecule has 0 radical (unpaired) electrons. The molecule has 0 aliphatic carbocycles. The van der Waals surface area contributed by atoms with Crippen LogP contribution in [0.1, 0.15) is 44.4 Å². The maximum atomic E-state index is 13.1. The predicted octanol–water partition coefficient (Wildman–Crippen LogP) is 3.54. The first-order valence-corrected chi connectivity index (χ1v) is 12.2. The molecule has 2 amide bonds. The van der Waals surface area contributed by atoms with Gasteiger partial charge in [-0.1, -0.05) is 19.9 Å². The summed E-state index contributed by atoms with van der Waals surface area (Å²) in [5.41, 5.74) is 4.18. The summed E-state index contributed by atoms with van der Waals surface area (Å²) in [6, 6.07) is 9.46. The van der Waals surface area contributed by atoms with Crippen molar-refractivity contribution in [2.75, 3.05) is 10.2 Å². The molecular weight excluding hydrogens is 426 g/mol. The Hall–Kier alpha value is -2.71. The molecule has 1 aliphatic rings. The molecule has 0 saturated heterocycles. The van der Waals surface area contributed by atoms with E-state index in [1.54, 1.807) is 30.9 Å². The Morgan fingerprint density at radius 2 is 1.69 bits per heavy atom. The number of nitrogens with one attached hydrogen (secondary N) is 2. The number of hydrogen-bond donors (Lipinski definition) is 2. The molecule has 2 unspecified atom stereocenters. The van der Waals surface area contributed by atoms with Crippen molar-refractivity contribution in [3.8, 4) is 0 Å². The van der Waals surface area contributed by atoms with Crippen molar-refractivity contribution in [1.29, 1.82) is 0 Å². The third-order valence-corrected chi connectivity index (χ3v) is 7.08. The van der Waals surface area contributed by atoms with Gasteiger partial charge in [0, 0.05) is 24.3 Å². The number of benzene rings is 2. The second-order valence-corrected chi connectivity index (χ2v) is 10.7. The number of carbonyl (C=O) groups excluding carboxylic acids is 2. The van der Waals surface area contributed by atoms with Crippen LogP contribution in [0.3, 0.4) is 0 Å². The van der Waals surface area contributed by atoms with Gasteiger partial charge in [0.2, 0.25) is 21.8 Å². The summed E-state index contributed by atoms with van der Waals surface area (Å²) in [5, 5.41) is 2.83. The number of aryl methyl sites for hydroxylation is 2. The number of hydrogen-bond acceptors (Lipinski definition) is 4. The van der Waals surface area contributed by atoms with Crippen LogP contribution < -0.4 is 14.9 Å². The third-order valence-electron chi connectivity index (χ3n) is 5.64. The Balaban J connectivity index is 1.84. The van der Waals surface area contributed by atoms with Gasteiger partial charge in [-0.15, -0.1) is 0 Å². The summed E-state index contributed by atoms with van der Waals surface area (Å²) in [5.74, 6) is -0.752. The van der Waals surface area contributed by atoms with E-state index in [0.717, 1.165) is 22.4 Å². The van der Waals surface area contributed by atoms with Crippen LogP contribution in [0.2, 0.25) is 0 Å². The summed E-state index contributed by atoms with van der Waals surface area (Å²) in [4.78, 5) is 26.6. The molecule has 8 heteroatoms. The molecule has 7 nitrogen and oxygen atoms in total. The maximum absolute atomic E-state index is 13.1. The van der Waals surface area contributed by atoms with E-state index in [0.29, 0.717) is 12.1 Å². The fourth-order valence-electron chi connectivity index (χ4n) is 4.25. The van der Waals surface area contributed by atoms with E-state index in [1.807, 2.05) is 39.0 Å². The molecule has 2 aromatic rings. The van der Waals surface area contributed by atoms with Crippen LogP contribution in [0.4, 0.5) is 11.4 Å². The lowest BCUT2D eigenvalue weighted by atomic mass is 10.0. The number of nitrogens with zero attached hydrogens (tertiary/aromatic N) is 1. The smallest absolute Gasteiger partial charge is 0.242 e. The molecule has 2 aromatic carbocycles. The first-order valence-electron chi connectivity index (χ1n) is 10.7. The van der Waals surface area contributed by atoms with Crippen LogP contribution in [-0.2, 0) is 26.0 Å². The van der Waals surface area contributed by atoms with Crippen molar-refractivity contribution in [2.45, 2.75) is 64.9 Å². The first kappa shape index (κ1) is 23.9. The lowest BCUT2D eigenvalue weighted by molar-refractivity contribution is -0.118. The highest BCUT2D eigenvalue weighted by atomic mass is 32.2. The van der Waals surface area contributed by atoms with Crippen molar-refractivity contribution < 1.29 is 18.0 Å². The molecule has 172 valence electrons. The fourth-order valence-corrected chi connectivity index (χ4v) is 5.64. The summed E-state index contributed by atoms with van der Waals surface area (Å²) >= 11 is 0. The molecule has 0 spiro atoms. The molecular formula is C24H31N3O4S. The molecule has 0 fully saturated rings. The molecule has 3 rings (SSSR count). The molecule has 2 atom stereocenters. The largest absolute Gasteiger partial charge is 0.325 e. The Morgan fingerprint density at radius 3 is 2.25 bits per heavy atom. The minimum absolute atomic E-state index is 0.0274. The number of sulfonamides is 1. The van der Waals surface area contributed by atoms with Crippen LogP contribution in [0, 0.1) is 19.8 Å². The SMILES string of the molecule is CC(=O)N1c2ccc(S(=O)(=O)NC(C(=O)Nc3cc(C)cc(C)c3)C(C)C)cc2CC1C. The van der Waals surface area contributed by atoms with Gasteiger partial charge in [-0.05, 0) is 80.1 Å². The van der Waals surface area contributed by atoms with Gasteiger partial charge in [0.25, 0.3) is 0 Å². The van der Waals surface area contributed by atoms with E-state index >= 15 is 0 Å². The molecule has 2 N–H and O–H groups in total. The summed E-state index contributed by atoms with van der Waals surface area (Å²) in [7, 11) is -3.95. The van der Waals surface area contributed by atoms with Gasteiger partial charge in [-0.2, -0.15) is 4.72 Å². The average Bonchev–Trinajstić information content (AvgIpc) is 3.00. The monoisotopic (exact) mass is 457 g/mol. The van der Waals surface area contributed by atoms with Gasteiger partial charge in [-0.3, -0.25) is 9.59 Å². The number of anilines is 2. The standard InChI is InChI=1S/C24H31N3O4S/c1-14(2)23(24(29)25-20-10-15(3)9-16(4)11-20)26-32(30,31)21-7-8-22-19(13-21)12-17(5)27(22)18(6)28/h7-11,13-14,17,23,26H,12H2,1-6H3,(H,25,29). The van der Waals surface area contributed by atoms with Gasteiger partial charge < -0.3 is 10.2 Å². The second kappa shape index (κ2) is 9.03. The zero-order valence-corrected chi connectivity index (χ0v) is 20.2. The summed E-state index contributed by atoms with van der Waals surface area (Å²) < 4.78 is 28.8. The van der Waals surface area contributed by atoms with Crippen LogP contribution in [0.25, 0.3) is 0 Å². The fraction of sp³-hybridized carbons (Fsp3) is 0.417. The molecule has 0 bridgehead atoms. The van der Waals surface area contributed by atoms with E-state index in [-0.39, 0.29) is 22.8 Å². The van der Waals surface area contributed by atoms with Crippen LogP contribution in [0.15, 0.2) is 41.3 Å². The Kier molecular flexibility index (Phi) is 6.76. The van der Waals surface area contributed by atoms with Gasteiger partial charge >= 0.3 is 0 Å². The zero-order chi connectivity index (χ0) is 23.8. The van der Waals surface area contributed by atoms with Crippen molar-refractivity contribution in [1.82, 2.24) is 4.72 Å². The summed E-state index contributed by atoms with van der Waals surface area (Å²) in [6.45, 7) is 10.9. The maximum Gasteiger partial charge on any atom is 0.242 e. The van der Waals surface area contributed by atoms with Crippen molar-refractivity contribution >= 4 is 33.2 Å². The predicted molar refractivity (Wildman–Crippen MR) is 126 cm³/mol. The van der Waals surface area contributed by atoms with E-state index < -0.39 is 22.0 Å². The number of fused-ring (bicyclic) bond motifs is 1. The van der Waals surface area contributed by atoms with E-state index in [4.69, 9.17) is 0 Å². The summed E-state index contributed by atoms with van der Waals surface area (Å²) in [6.07, 6.45) is 0.582. The first-order chi connectivity index (χ1) is 14.9. The highest BCUT2D eigenvalue weighted by Gasteiger charge is 2.32. The minimum Gasteiger partial charge on any atom is -0.325 e. The molecule has 32 heavy (non-hydrogen) atoms. The number of amides is 2. The van der Waals surface area contributed by atoms with E-state index in [9.17, 15) is 18.0 Å². The van der Waals surface area contributed by atoms with Gasteiger partial charge in [0.1, 0.15) is 6.04 Å². The lowest BCUT2D eigenvalue weighted by Gasteiger charge is -2.22. The normalized spacial score (nSPS) is 16.7. The zero-order valence-electron chi connectivity index (χ0n) is 19.4. The van der Waals surface area contributed by atoms with Gasteiger partial charge in [-0.25, -0.2) is 8.42 Å². The average molecular weight is 458 g/mol. The van der Waals surface area contributed by atoms with Crippen LogP contribution in [-0.4, -0.2) is 32.3 Å². The Morgan fingerprint density at radius 1 is 1.06 bits per heavy atom. The van der Waals surface area contributed by atoms with E-state index in [2.05, 4.69) is 10.0 Å². The quantitative estimate of drug-likeness (QED) is 0.694. The van der Waals surface area contributed by atoms with Gasteiger partial charge in [0.15, 0.2) is 0 Å². The van der Waals surface area contributed by atoms with E-state index in [1.165, 1.54) is 13.0 Å². The number of rotatable bonds is 6. The molecule has 0 saturated carbocycles. The van der Waals surface area contributed by atoms with Crippen molar-refractivity contribution in [3.63, 3.8) is 0 Å². The van der Waals surface area contributed by atoms with Crippen molar-refractivity contribution in [2.24, 2.45) is 5.92 Å². The lowest BCUT2D eigenvalue weighted by Crippen LogP contribution is -2.47. The Bertz CT molecular complexity index is 1140. The minimum atomic E-state index is -3.95. The molecule has 1 aliphatic heterocycles. The number of carbonyl (C=O) groups is 2. The van der Waals surface area contributed by atoms with Crippen molar-refractivity contribution in [3.05, 3.63) is 53.1 Å². The molecule has 1 heterocycles. The second-order valence-electron chi connectivity index (χ2n) is 8.94. The van der Waals surface area contributed by atoms with Crippen LogP contribution in [0.5, 0.6) is 0 Å². The van der Waals surface area contributed by atoms with Gasteiger partial charge in [0.05, 0.1) is 4.90 Å². The third kappa shape index (κ3) is 5.02. The molecule has 0 aromatic heterocycles. The highest BCUT2D eigenvalue weighted by Crippen LogP contribution is 2.34. The topological polar surface area (TPSA) is 95.6 Å². The Labute approximate surface area is 190 Å². The highest BCUT2D eigenvalue weighted by molar-refractivity contribution is 7.89.